The minimum Gasteiger partial charge on any atom is -0.326 e. The summed E-state index contributed by atoms with van der Waals surface area (Å²) in [5, 5.41) is 3.06. The first kappa shape index (κ1) is 16.3. The number of amides is 1. The van der Waals surface area contributed by atoms with Gasteiger partial charge in [0.05, 0.1) is 0 Å². The fourth-order valence-electron chi connectivity index (χ4n) is 2.47. The van der Waals surface area contributed by atoms with Crippen molar-refractivity contribution in [1.29, 1.82) is 0 Å². The third-order valence-electron chi connectivity index (χ3n) is 3.77. The molecule has 0 fully saturated rings. The highest BCUT2D eigenvalue weighted by molar-refractivity contribution is 5.91. The van der Waals surface area contributed by atoms with E-state index in [0.717, 1.165) is 12.1 Å². The van der Waals surface area contributed by atoms with Gasteiger partial charge in [0, 0.05) is 12.1 Å². The van der Waals surface area contributed by atoms with Gasteiger partial charge in [-0.3, -0.25) is 4.79 Å². The molecule has 0 saturated carbocycles. The molecule has 0 heterocycles. The standard InChI is InChI=1S/C20H25NO/c1-15-9-11-16(12-10-15)13-14-19(22)21-18-8-6-5-7-17(18)20(2,3)4/h5-12H,13-14H2,1-4H3,(H,21,22). The zero-order valence-corrected chi connectivity index (χ0v) is 13.9. The number of carbonyl (C=O) groups excluding carboxylic acids is 1. The van der Waals surface area contributed by atoms with Gasteiger partial charge in [-0.15, -0.1) is 0 Å². The summed E-state index contributed by atoms with van der Waals surface area (Å²) < 4.78 is 0. The smallest absolute Gasteiger partial charge is 0.224 e. The molecule has 0 aliphatic heterocycles. The molecule has 2 rings (SSSR count). The van der Waals surface area contributed by atoms with Crippen molar-refractivity contribution in [3.8, 4) is 0 Å². The van der Waals surface area contributed by atoms with Gasteiger partial charge in [-0.05, 0) is 36.0 Å². The zero-order valence-electron chi connectivity index (χ0n) is 13.9. The number of anilines is 1. The van der Waals surface area contributed by atoms with Crippen LogP contribution in [-0.2, 0) is 16.6 Å². The lowest BCUT2D eigenvalue weighted by atomic mass is 9.86. The summed E-state index contributed by atoms with van der Waals surface area (Å²) >= 11 is 0. The second kappa shape index (κ2) is 6.78. The minimum atomic E-state index is 0.0147. The molecule has 116 valence electrons. The van der Waals surface area contributed by atoms with Crippen LogP contribution in [0.3, 0.4) is 0 Å². The van der Waals surface area contributed by atoms with Gasteiger partial charge in [-0.2, -0.15) is 0 Å². The number of carbonyl (C=O) groups is 1. The highest BCUT2D eigenvalue weighted by Crippen LogP contribution is 2.29. The normalized spacial score (nSPS) is 11.3. The van der Waals surface area contributed by atoms with Gasteiger partial charge in [-0.1, -0.05) is 68.8 Å². The molecule has 0 spiro atoms. The van der Waals surface area contributed by atoms with Gasteiger partial charge < -0.3 is 5.32 Å². The number of para-hydroxylation sites is 1. The van der Waals surface area contributed by atoms with E-state index in [4.69, 9.17) is 0 Å². The summed E-state index contributed by atoms with van der Waals surface area (Å²) in [5.74, 6) is 0.0669. The third-order valence-corrected chi connectivity index (χ3v) is 3.77. The first-order valence-corrected chi connectivity index (χ1v) is 7.81. The van der Waals surface area contributed by atoms with Gasteiger partial charge in [0.15, 0.2) is 0 Å². The highest BCUT2D eigenvalue weighted by atomic mass is 16.1. The molecule has 0 radical (unpaired) electrons. The summed E-state index contributed by atoms with van der Waals surface area (Å²) in [5.41, 5.74) is 4.54. The molecule has 2 aromatic carbocycles. The fraction of sp³-hybridized carbons (Fsp3) is 0.350. The van der Waals surface area contributed by atoms with E-state index in [1.54, 1.807) is 0 Å². The second-order valence-corrected chi connectivity index (χ2v) is 6.83. The van der Waals surface area contributed by atoms with E-state index < -0.39 is 0 Å². The topological polar surface area (TPSA) is 29.1 Å². The van der Waals surface area contributed by atoms with E-state index in [9.17, 15) is 4.79 Å². The van der Waals surface area contributed by atoms with Crippen molar-refractivity contribution in [2.75, 3.05) is 5.32 Å². The van der Waals surface area contributed by atoms with E-state index >= 15 is 0 Å². The molecule has 0 aliphatic rings. The minimum absolute atomic E-state index is 0.0147. The Balaban J connectivity index is 1.99. The Kier molecular flexibility index (Phi) is 5.02. The average Bonchev–Trinajstić information content (AvgIpc) is 2.46. The largest absolute Gasteiger partial charge is 0.326 e. The van der Waals surface area contributed by atoms with Crippen molar-refractivity contribution < 1.29 is 4.79 Å². The molecule has 2 aromatic rings. The molecule has 1 N–H and O–H groups in total. The number of nitrogens with one attached hydrogen (secondary N) is 1. The van der Waals surface area contributed by atoms with Crippen LogP contribution in [0.15, 0.2) is 48.5 Å². The maximum atomic E-state index is 12.2. The predicted molar refractivity (Wildman–Crippen MR) is 93.3 cm³/mol. The summed E-state index contributed by atoms with van der Waals surface area (Å²) in [7, 11) is 0. The molecular weight excluding hydrogens is 270 g/mol. The summed E-state index contributed by atoms with van der Waals surface area (Å²) in [4.78, 5) is 12.2. The molecule has 22 heavy (non-hydrogen) atoms. The van der Waals surface area contributed by atoms with Crippen LogP contribution in [0.1, 0.15) is 43.9 Å². The molecule has 0 aliphatic carbocycles. The van der Waals surface area contributed by atoms with Crippen LogP contribution in [0.2, 0.25) is 0 Å². The summed E-state index contributed by atoms with van der Waals surface area (Å²) in [6.07, 6.45) is 1.27. The first-order valence-electron chi connectivity index (χ1n) is 7.81. The average molecular weight is 295 g/mol. The van der Waals surface area contributed by atoms with Crippen LogP contribution in [0.4, 0.5) is 5.69 Å². The van der Waals surface area contributed by atoms with E-state index in [0.29, 0.717) is 6.42 Å². The van der Waals surface area contributed by atoms with Crippen LogP contribution in [0.5, 0.6) is 0 Å². The molecule has 1 amide bonds. The van der Waals surface area contributed by atoms with E-state index in [-0.39, 0.29) is 11.3 Å². The third kappa shape index (κ3) is 4.45. The quantitative estimate of drug-likeness (QED) is 0.857. The Hall–Kier alpha value is -2.09. The van der Waals surface area contributed by atoms with E-state index in [1.807, 2.05) is 18.2 Å². The zero-order chi connectivity index (χ0) is 16.2. The number of benzene rings is 2. The number of hydrogen-bond acceptors (Lipinski definition) is 1. The van der Waals surface area contributed by atoms with Gasteiger partial charge in [0.1, 0.15) is 0 Å². The second-order valence-electron chi connectivity index (χ2n) is 6.83. The summed E-state index contributed by atoms with van der Waals surface area (Å²) in [6, 6.07) is 16.4. The number of hydrogen-bond donors (Lipinski definition) is 1. The maximum Gasteiger partial charge on any atom is 0.224 e. The van der Waals surface area contributed by atoms with Crippen LogP contribution in [0.25, 0.3) is 0 Å². The molecule has 0 bridgehead atoms. The predicted octanol–water partition coefficient (Wildman–Crippen LogP) is 4.86. The van der Waals surface area contributed by atoms with Gasteiger partial charge in [0.2, 0.25) is 5.91 Å². The lowest BCUT2D eigenvalue weighted by Gasteiger charge is -2.23. The Morgan fingerprint density at radius 3 is 2.27 bits per heavy atom. The Labute approximate surface area is 133 Å². The SMILES string of the molecule is Cc1ccc(CCC(=O)Nc2ccccc2C(C)(C)C)cc1. The van der Waals surface area contributed by atoms with Crippen molar-refractivity contribution >= 4 is 11.6 Å². The molecule has 0 saturated heterocycles. The van der Waals surface area contributed by atoms with Crippen molar-refractivity contribution in [3.05, 3.63) is 65.2 Å². The highest BCUT2D eigenvalue weighted by Gasteiger charge is 2.18. The first-order chi connectivity index (χ1) is 10.4. The maximum absolute atomic E-state index is 12.2. The van der Waals surface area contributed by atoms with Crippen molar-refractivity contribution in [2.45, 2.75) is 46.0 Å². The van der Waals surface area contributed by atoms with E-state index in [1.165, 1.54) is 16.7 Å². The van der Waals surface area contributed by atoms with Gasteiger partial charge in [-0.25, -0.2) is 0 Å². The van der Waals surface area contributed by atoms with Crippen LogP contribution in [-0.4, -0.2) is 5.91 Å². The van der Waals surface area contributed by atoms with E-state index in [2.05, 4.69) is 63.3 Å². The molecule has 0 atom stereocenters. The lowest BCUT2D eigenvalue weighted by Crippen LogP contribution is -2.18. The fourth-order valence-corrected chi connectivity index (χ4v) is 2.47. The Morgan fingerprint density at radius 1 is 1.00 bits per heavy atom. The molecule has 2 heteroatoms. The Bertz CT molecular complexity index is 636. The van der Waals surface area contributed by atoms with Crippen molar-refractivity contribution in [1.82, 2.24) is 0 Å². The van der Waals surface area contributed by atoms with Crippen LogP contribution in [0, 0.1) is 6.92 Å². The molecular formula is C20H25NO. The molecule has 0 unspecified atom stereocenters. The monoisotopic (exact) mass is 295 g/mol. The molecule has 0 aromatic heterocycles. The van der Waals surface area contributed by atoms with Crippen molar-refractivity contribution in [2.24, 2.45) is 0 Å². The Morgan fingerprint density at radius 2 is 1.64 bits per heavy atom. The van der Waals surface area contributed by atoms with Gasteiger partial charge in [0.25, 0.3) is 0 Å². The summed E-state index contributed by atoms with van der Waals surface area (Å²) in [6.45, 7) is 8.54. The lowest BCUT2D eigenvalue weighted by molar-refractivity contribution is -0.116. The van der Waals surface area contributed by atoms with Crippen LogP contribution < -0.4 is 5.32 Å². The molecule has 2 nitrogen and oxygen atoms in total. The van der Waals surface area contributed by atoms with Crippen LogP contribution >= 0.6 is 0 Å². The van der Waals surface area contributed by atoms with Gasteiger partial charge >= 0.3 is 0 Å². The number of aryl methyl sites for hydroxylation is 2. The van der Waals surface area contributed by atoms with Crippen molar-refractivity contribution in [3.63, 3.8) is 0 Å². The number of rotatable bonds is 4.